The summed E-state index contributed by atoms with van der Waals surface area (Å²) < 4.78 is 22.2. The Labute approximate surface area is 127 Å². The molecule has 0 N–H and O–H groups in total. The summed E-state index contributed by atoms with van der Waals surface area (Å²) in [5.41, 5.74) is 1.15. The quantitative estimate of drug-likeness (QED) is 0.736. The average molecular weight is 294 g/mol. The predicted octanol–water partition coefficient (Wildman–Crippen LogP) is 3.39. The molecule has 1 fully saturated rings. The summed E-state index contributed by atoms with van der Waals surface area (Å²) in [6.07, 6.45) is 3.36. The van der Waals surface area contributed by atoms with Crippen LogP contribution >= 0.6 is 0 Å². The molecule has 0 bridgehead atoms. The van der Waals surface area contributed by atoms with E-state index >= 15 is 0 Å². The lowest BCUT2D eigenvalue weighted by Crippen LogP contribution is -2.25. The van der Waals surface area contributed by atoms with Gasteiger partial charge in [0.15, 0.2) is 6.29 Å². The van der Waals surface area contributed by atoms with Crippen LogP contribution < -0.4 is 4.74 Å². The maximum absolute atomic E-state index is 5.76. The van der Waals surface area contributed by atoms with Crippen LogP contribution in [0.5, 0.6) is 5.75 Å². The molecule has 1 aliphatic rings. The second-order valence-electron chi connectivity index (χ2n) is 5.60. The van der Waals surface area contributed by atoms with Gasteiger partial charge < -0.3 is 18.9 Å². The summed E-state index contributed by atoms with van der Waals surface area (Å²) >= 11 is 0. The van der Waals surface area contributed by atoms with Crippen molar-refractivity contribution in [1.29, 1.82) is 0 Å². The summed E-state index contributed by atoms with van der Waals surface area (Å²) in [4.78, 5) is 0. The third kappa shape index (κ3) is 6.04. The molecule has 0 amide bonds. The van der Waals surface area contributed by atoms with Gasteiger partial charge in [0.05, 0.1) is 26.9 Å². The molecule has 4 heteroatoms. The zero-order chi connectivity index (χ0) is 14.9. The molecule has 0 radical (unpaired) electrons. The van der Waals surface area contributed by atoms with E-state index in [1.54, 1.807) is 7.11 Å². The first-order chi connectivity index (χ1) is 10.3. The number of hydrogen-bond acceptors (Lipinski definition) is 4. The van der Waals surface area contributed by atoms with Gasteiger partial charge in [-0.2, -0.15) is 0 Å². The molecule has 0 aromatic heterocycles. The van der Waals surface area contributed by atoms with Gasteiger partial charge in [0.25, 0.3) is 0 Å². The molecule has 1 saturated heterocycles. The molecule has 4 nitrogen and oxygen atoms in total. The van der Waals surface area contributed by atoms with Crippen molar-refractivity contribution in [3.8, 4) is 5.75 Å². The second-order valence-corrected chi connectivity index (χ2v) is 5.60. The van der Waals surface area contributed by atoms with Gasteiger partial charge in [-0.3, -0.25) is 0 Å². The van der Waals surface area contributed by atoms with E-state index in [9.17, 15) is 0 Å². The predicted molar refractivity (Wildman–Crippen MR) is 81.4 cm³/mol. The summed E-state index contributed by atoms with van der Waals surface area (Å²) in [5, 5.41) is 0. The first-order valence-corrected chi connectivity index (χ1v) is 7.72. The van der Waals surface area contributed by atoms with Crippen molar-refractivity contribution in [3.63, 3.8) is 0 Å². The van der Waals surface area contributed by atoms with E-state index in [1.165, 1.54) is 6.42 Å². The Kier molecular flexibility index (Phi) is 7.00. The molecule has 2 rings (SSSR count). The standard InChI is InChI=1S/C17H26O4/c1-14(12-21-17-5-3-4-10-20-17)11-19-13-15-6-8-16(18-2)9-7-15/h6-9,14,17H,3-5,10-13H2,1-2H3/t14-,17?/m0/s1. The molecule has 0 aliphatic carbocycles. The molecule has 118 valence electrons. The molecule has 1 aromatic carbocycles. The van der Waals surface area contributed by atoms with E-state index in [0.29, 0.717) is 25.7 Å². The highest BCUT2D eigenvalue weighted by atomic mass is 16.7. The van der Waals surface area contributed by atoms with Gasteiger partial charge in [-0.25, -0.2) is 0 Å². The maximum Gasteiger partial charge on any atom is 0.157 e. The second kappa shape index (κ2) is 9.03. The Morgan fingerprint density at radius 2 is 2.00 bits per heavy atom. The molecule has 0 spiro atoms. The van der Waals surface area contributed by atoms with Crippen LogP contribution in [0.3, 0.4) is 0 Å². The van der Waals surface area contributed by atoms with Crippen LogP contribution in [0.15, 0.2) is 24.3 Å². The fourth-order valence-electron chi connectivity index (χ4n) is 2.26. The van der Waals surface area contributed by atoms with Crippen molar-refractivity contribution in [2.24, 2.45) is 5.92 Å². The summed E-state index contributed by atoms with van der Waals surface area (Å²) in [5.74, 6) is 1.24. The van der Waals surface area contributed by atoms with Gasteiger partial charge in [-0.1, -0.05) is 19.1 Å². The maximum atomic E-state index is 5.76. The number of benzene rings is 1. The van der Waals surface area contributed by atoms with Crippen molar-refractivity contribution in [2.75, 3.05) is 26.9 Å². The molecule has 21 heavy (non-hydrogen) atoms. The first kappa shape index (κ1) is 16.3. The molecule has 0 saturated carbocycles. The lowest BCUT2D eigenvalue weighted by molar-refractivity contribution is -0.170. The van der Waals surface area contributed by atoms with E-state index in [0.717, 1.165) is 30.8 Å². The molecular formula is C17H26O4. The minimum atomic E-state index is -0.0113. The van der Waals surface area contributed by atoms with Gasteiger partial charge in [0.2, 0.25) is 0 Å². The Morgan fingerprint density at radius 3 is 2.67 bits per heavy atom. The van der Waals surface area contributed by atoms with E-state index < -0.39 is 0 Å². The van der Waals surface area contributed by atoms with Crippen LogP contribution in [0.2, 0.25) is 0 Å². The highest BCUT2D eigenvalue weighted by molar-refractivity contribution is 5.26. The Balaban J connectivity index is 1.58. The lowest BCUT2D eigenvalue weighted by Gasteiger charge is -2.24. The number of ether oxygens (including phenoxy) is 4. The molecule has 2 atom stereocenters. The fourth-order valence-corrected chi connectivity index (χ4v) is 2.26. The van der Waals surface area contributed by atoms with Gasteiger partial charge in [0, 0.05) is 12.5 Å². The van der Waals surface area contributed by atoms with Gasteiger partial charge in [-0.05, 0) is 37.0 Å². The zero-order valence-corrected chi connectivity index (χ0v) is 13.0. The van der Waals surface area contributed by atoms with E-state index in [4.69, 9.17) is 18.9 Å². The average Bonchev–Trinajstić information content (AvgIpc) is 2.54. The van der Waals surface area contributed by atoms with Crippen LogP contribution in [0.1, 0.15) is 31.7 Å². The summed E-state index contributed by atoms with van der Waals surface area (Å²) in [7, 11) is 1.67. The molecule has 1 heterocycles. The minimum absolute atomic E-state index is 0.0113. The highest BCUT2D eigenvalue weighted by Gasteiger charge is 2.15. The highest BCUT2D eigenvalue weighted by Crippen LogP contribution is 2.15. The molecule has 1 aliphatic heterocycles. The van der Waals surface area contributed by atoms with E-state index in [2.05, 4.69) is 6.92 Å². The van der Waals surface area contributed by atoms with E-state index in [-0.39, 0.29) is 6.29 Å². The summed E-state index contributed by atoms with van der Waals surface area (Å²) in [6, 6.07) is 7.95. The third-order valence-corrected chi connectivity index (χ3v) is 3.53. The minimum Gasteiger partial charge on any atom is -0.497 e. The number of hydrogen-bond donors (Lipinski definition) is 0. The van der Waals surface area contributed by atoms with Crippen molar-refractivity contribution in [2.45, 2.75) is 39.1 Å². The number of methoxy groups -OCH3 is 1. The molecule has 1 aromatic rings. The van der Waals surface area contributed by atoms with Gasteiger partial charge in [-0.15, -0.1) is 0 Å². The van der Waals surface area contributed by atoms with Crippen LogP contribution in [0, 0.1) is 5.92 Å². The van der Waals surface area contributed by atoms with Crippen LogP contribution in [-0.4, -0.2) is 33.2 Å². The Bertz CT molecular complexity index is 384. The lowest BCUT2D eigenvalue weighted by atomic mass is 10.2. The van der Waals surface area contributed by atoms with E-state index in [1.807, 2.05) is 24.3 Å². The number of rotatable bonds is 8. The first-order valence-electron chi connectivity index (χ1n) is 7.72. The van der Waals surface area contributed by atoms with Gasteiger partial charge in [0.1, 0.15) is 5.75 Å². The van der Waals surface area contributed by atoms with Crippen LogP contribution in [0.4, 0.5) is 0 Å². The fraction of sp³-hybridized carbons (Fsp3) is 0.647. The Hall–Kier alpha value is -1.10. The van der Waals surface area contributed by atoms with Gasteiger partial charge >= 0.3 is 0 Å². The monoisotopic (exact) mass is 294 g/mol. The molecule has 1 unspecified atom stereocenters. The zero-order valence-electron chi connectivity index (χ0n) is 13.0. The van der Waals surface area contributed by atoms with Crippen molar-refractivity contribution >= 4 is 0 Å². The molecular weight excluding hydrogens is 268 g/mol. The van der Waals surface area contributed by atoms with Crippen molar-refractivity contribution in [1.82, 2.24) is 0 Å². The topological polar surface area (TPSA) is 36.9 Å². The van der Waals surface area contributed by atoms with Crippen molar-refractivity contribution in [3.05, 3.63) is 29.8 Å². The van der Waals surface area contributed by atoms with Crippen molar-refractivity contribution < 1.29 is 18.9 Å². The van der Waals surface area contributed by atoms with Crippen LogP contribution in [0.25, 0.3) is 0 Å². The summed E-state index contributed by atoms with van der Waals surface area (Å²) in [6.45, 7) is 4.96. The normalized spacial score (nSPS) is 20.2. The smallest absolute Gasteiger partial charge is 0.157 e. The third-order valence-electron chi connectivity index (χ3n) is 3.53. The largest absolute Gasteiger partial charge is 0.497 e. The van der Waals surface area contributed by atoms with Crippen LogP contribution in [-0.2, 0) is 20.8 Å². The Morgan fingerprint density at radius 1 is 1.19 bits per heavy atom. The SMILES string of the molecule is COc1ccc(COC[C@H](C)COC2CCCCO2)cc1.